The molecular weight excluding hydrogens is 472 g/mol. The summed E-state index contributed by atoms with van der Waals surface area (Å²) < 4.78 is 12.7. The number of hydrogen-bond acceptors (Lipinski definition) is 7. The Bertz CT molecular complexity index is 1630. The number of carbonyl (C=O) groups is 1. The van der Waals surface area contributed by atoms with Gasteiger partial charge in [0.15, 0.2) is 11.3 Å². The second-order valence-corrected chi connectivity index (χ2v) is 8.50. The first-order chi connectivity index (χ1) is 17.9. The zero-order chi connectivity index (χ0) is 26.1. The molecule has 2 heterocycles. The Morgan fingerprint density at radius 1 is 1.00 bits per heavy atom. The molecule has 9 heteroatoms. The quantitative estimate of drug-likeness (QED) is 0.350. The number of hydrogen-bond donors (Lipinski definition) is 1. The van der Waals surface area contributed by atoms with E-state index in [1.807, 2.05) is 59.5 Å². The fourth-order valence-electron chi connectivity index (χ4n) is 4.42. The van der Waals surface area contributed by atoms with E-state index in [0.29, 0.717) is 17.0 Å². The van der Waals surface area contributed by atoms with Crippen molar-refractivity contribution in [3.63, 3.8) is 0 Å². The first-order valence-corrected chi connectivity index (χ1v) is 11.5. The monoisotopic (exact) mass is 496 g/mol. The molecule has 0 fully saturated rings. The summed E-state index contributed by atoms with van der Waals surface area (Å²) in [7, 11) is 4.81. The Kier molecular flexibility index (Phi) is 6.19. The van der Waals surface area contributed by atoms with Crippen molar-refractivity contribution in [3.8, 4) is 17.3 Å². The van der Waals surface area contributed by atoms with Crippen LogP contribution in [0.25, 0.3) is 22.7 Å². The van der Waals surface area contributed by atoms with E-state index in [1.54, 1.807) is 38.4 Å². The summed E-state index contributed by atoms with van der Waals surface area (Å²) in [6, 6.07) is 23.1. The van der Waals surface area contributed by atoms with Crippen LogP contribution in [0.15, 0.2) is 88.1 Å². The third kappa shape index (κ3) is 4.31. The van der Waals surface area contributed by atoms with Crippen LogP contribution in [0.2, 0.25) is 0 Å². The molecule has 9 nitrogen and oxygen atoms in total. The van der Waals surface area contributed by atoms with Crippen molar-refractivity contribution in [2.75, 3.05) is 19.1 Å². The fraction of sp³-hybridized carbons (Fsp3) is 0.143. The molecule has 2 aromatic heterocycles. The number of para-hydroxylation sites is 2. The van der Waals surface area contributed by atoms with Gasteiger partial charge in [-0.1, -0.05) is 54.6 Å². The third-order valence-corrected chi connectivity index (χ3v) is 6.19. The van der Waals surface area contributed by atoms with Crippen LogP contribution in [0.4, 0.5) is 5.95 Å². The van der Waals surface area contributed by atoms with E-state index in [9.17, 15) is 14.7 Å². The smallest absolute Gasteiger partial charge is 0.335 e. The Hall–Kier alpha value is -4.92. The molecule has 0 aliphatic carbocycles. The molecule has 0 saturated carbocycles. The second kappa shape index (κ2) is 9.62. The molecule has 0 saturated heterocycles. The molecule has 5 aromatic rings. The first kappa shape index (κ1) is 23.8. The molecule has 0 amide bonds. The van der Waals surface area contributed by atoms with E-state index >= 15 is 0 Å². The van der Waals surface area contributed by atoms with Crippen molar-refractivity contribution in [2.45, 2.75) is 6.04 Å². The van der Waals surface area contributed by atoms with Gasteiger partial charge in [-0.25, -0.2) is 14.8 Å². The number of methoxy groups -OCH3 is 1. The number of fused-ring (bicyclic) bond motifs is 1. The van der Waals surface area contributed by atoms with Crippen molar-refractivity contribution in [3.05, 3.63) is 106 Å². The molecule has 0 radical (unpaired) electrons. The van der Waals surface area contributed by atoms with Crippen LogP contribution in [0.5, 0.6) is 5.75 Å². The van der Waals surface area contributed by atoms with Crippen molar-refractivity contribution < 1.29 is 19.1 Å². The maximum atomic E-state index is 13.4. The highest BCUT2D eigenvalue weighted by molar-refractivity contribution is 5.87. The Balaban J connectivity index is 1.71. The van der Waals surface area contributed by atoms with Gasteiger partial charge in [-0.05, 0) is 35.4 Å². The maximum absolute atomic E-state index is 13.4. The van der Waals surface area contributed by atoms with Gasteiger partial charge < -0.3 is 19.2 Å². The molecule has 37 heavy (non-hydrogen) atoms. The summed E-state index contributed by atoms with van der Waals surface area (Å²) in [6.07, 6.45) is 0. The zero-order valence-corrected chi connectivity index (χ0v) is 20.5. The van der Waals surface area contributed by atoms with Gasteiger partial charge in [0.05, 0.1) is 18.7 Å². The summed E-state index contributed by atoms with van der Waals surface area (Å²) in [4.78, 5) is 36.2. The Morgan fingerprint density at radius 2 is 1.70 bits per heavy atom. The fourth-order valence-corrected chi connectivity index (χ4v) is 4.42. The van der Waals surface area contributed by atoms with Crippen LogP contribution < -0.4 is 15.2 Å². The van der Waals surface area contributed by atoms with Crippen molar-refractivity contribution >= 4 is 23.0 Å². The van der Waals surface area contributed by atoms with E-state index in [4.69, 9.17) is 14.1 Å². The summed E-state index contributed by atoms with van der Waals surface area (Å²) in [5.41, 5.74) is 2.73. The number of carboxylic acid groups (broad SMARTS) is 1. The summed E-state index contributed by atoms with van der Waals surface area (Å²) in [6.45, 7) is 0. The van der Waals surface area contributed by atoms with Crippen LogP contribution in [-0.2, 0) is 7.05 Å². The SMILES string of the molecule is COc1c(-c2nc3ccccc3o2)nc(N(C)[C@@H](c2ccccc2)c2cccc(C(=O)O)c2)n(C)c1=O. The topological polar surface area (TPSA) is 111 Å². The van der Waals surface area contributed by atoms with E-state index in [1.165, 1.54) is 11.7 Å². The Labute approximate surface area is 212 Å². The summed E-state index contributed by atoms with van der Waals surface area (Å²) in [5.74, 6) is -0.535. The van der Waals surface area contributed by atoms with E-state index in [0.717, 1.165) is 11.1 Å². The number of aromatic nitrogens is 3. The molecular formula is C28H24N4O5. The molecule has 0 unspecified atom stereocenters. The third-order valence-electron chi connectivity index (χ3n) is 6.19. The summed E-state index contributed by atoms with van der Waals surface area (Å²) >= 11 is 0. The molecule has 1 N–H and O–H groups in total. The maximum Gasteiger partial charge on any atom is 0.335 e. The van der Waals surface area contributed by atoms with Crippen LogP contribution in [-0.4, -0.2) is 39.8 Å². The average Bonchev–Trinajstić information content (AvgIpc) is 3.35. The van der Waals surface area contributed by atoms with Gasteiger partial charge in [-0.15, -0.1) is 0 Å². The Morgan fingerprint density at radius 3 is 2.41 bits per heavy atom. The lowest BCUT2D eigenvalue weighted by molar-refractivity contribution is 0.0696. The van der Waals surface area contributed by atoms with Gasteiger partial charge >= 0.3 is 5.97 Å². The van der Waals surface area contributed by atoms with Gasteiger partial charge in [0, 0.05) is 14.1 Å². The minimum atomic E-state index is -1.02. The predicted octanol–water partition coefficient (Wildman–Crippen LogP) is 4.52. The number of carboxylic acids is 1. The molecule has 1 atom stereocenters. The molecule has 0 bridgehead atoms. The predicted molar refractivity (Wildman–Crippen MR) is 139 cm³/mol. The molecule has 0 aliphatic heterocycles. The lowest BCUT2D eigenvalue weighted by atomic mass is 9.96. The highest BCUT2D eigenvalue weighted by Crippen LogP contribution is 2.34. The zero-order valence-electron chi connectivity index (χ0n) is 20.5. The van der Waals surface area contributed by atoms with Gasteiger partial charge in [-0.2, -0.15) is 0 Å². The second-order valence-electron chi connectivity index (χ2n) is 8.50. The van der Waals surface area contributed by atoms with Crippen molar-refractivity contribution in [1.29, 1.82) is 0 Å². The lowest BCUT2D eigenvalue weighted by Crippen LogP contribution is -2.33. The van der Waals surface area contributed by atoms with Gasteiger partial charge in [0.25, 0.3) is 11.4 Å². The number of benzene rings is 3. The number of anilines is 1. The first-order valence-electron chi connectivity index (χ1n) is 11.5. The van der Waals surface area contributed by atoms with E-state index in [-0.39, 0.29) is 22.9 Å². The molecule has 3 aromatic carbocycles. The van der Waals surface area contributed by atoms with Crippen LogP contribution in [0.1, 0.15) is 27.5 Å². The van der Waals surface area contributed by atoms with Crippen molar-refractivity contribution in [1.82, 2.24) is 14.5 Å². The number of aromatic carboxylic acids is 1. The van der Waals surface area contributed by atoms with Gasteiger partial charge in [0.1, 0.15) is 5.52 Å². The number of nitrogens with zero attached hydrogens (tertiary/aromatic N) is 4. The minimum Gasteiger partial charge on any atom is -0.489 e. The number of rotatable bonds is 7. The molecule has 186 valence electrons. The van der Waals surface area contributed by atoms with Crippen LogP contribution in [0, 0.1) is 0 Å². The normalized spacial score (nSPS) is 11.9. The largest absolute Gasteiger partial charge is 0.489 e. The number of oxazole rings is 1. The van der Waals surface area contributed by atoms with Crippen LogP contribution in [0.3, 0.4) is 0 Å². The van der Waals surface area contributed by atoms with Gasteiger partial charge in [0.2, 0.25) is 11.7 Å². The molecule has 0 aliphatic rings. The molecule has 0 spiro atoms. The van der Waals surface area contributed by atoms with E-state index in [2.05, 4.69) is 4.98 Å². The lowest BCUT2D eigenvalue weighted by Gasteiger charge is -2.31. The highest BCUT2D eigenvalue weighted by Gasteiger charge is 2.28. The average molecular weight is 497 g/mol. The number of ether oxygens (including phenoxy) is 1. The standard InChI is InChI=1S/C28H24N4O5/c1-31(23(17-10-5-4-6-11-17)18-12-9-13-19(16-18)27(34)35)28-30-22(24(36-3)26(33)32(28)2)25-29-20-14-7-8-15-21(20)37-25/h4-16,23H,1-3H3,(H,34,35)/t23-/m0/s1. The van der Waals surface area contributed by atoms with Crippen molar-refractivity contribution in [2.24, 2.45) is 7.05 Å². The van der Waals surface area contributed by atoms with Gasteiger partial charge in [-0.3, -0.25) is 9.36 Å². The minimum absolute atomic E-state index is 0.00958. The summed E-state index contributed by atoms with van der Waals surface area (Å²) in [5, 5.41) is 9.58. The molecule has 5 rings (SSSR count). The highest BCUT2D eigenvalue weighted by atomic mass is 16.5. The van der Waals surface area contributed by atoms with Crippen LogP contribution >= 0.6 is 0 Å². The van der Waals surface area contributed by atoms with E-state index < -0.39 is 17.6 Å².